The van der Waals surface area contributed by atoms with Crippen LogP contribution in [0.15, 0.2) is 0 Å². The van der Waals surface area contributed by atoms with E-state index in [4.69, 9.17) is 5.73 Å². The van der Waals surface area contributed by atoms with Gasteiger partial charge in [-0.3, -0.25) is 9.59 Å². The highest BCUT2D eigenvalue weighted by atomic mass is 16.5. The molecule has 2 N–H and O–H groups in total. The molecule has 0 saturated carbocycles. The van der Waals surface area contributed by atoms with Gasteiger partial charge in [0, 0.05) is 13.0 Å². The van der Waals surface area contributed by atoms with Crippen molar-refractivity contribution in [2.75, 3.05) is 13.7 Å². The molecule has 135 valence electrons. The lowest BCUT2D eigenvalue weighted by atomic mass is 10.1. The first-order valence-corrected chi connectivity index (χ1v) is 9.17. The molecule has 0 aliphatic heterocycles. The Labute approximate surface area is 141 Å². The van der Waals surface area contributed by atoms with Gasteiger partial charge in [0.2, 0.25) is 5.91 Å². The Morgan fingerprint density at radius 1 is 0.957 bits per heavy atom. The highest BCUT2D eigenvalue weighted by molar-refractivity contribution is 5.82. The molecule has 5 heteroatoms. The molecule has 0 bridgehead atoms. The van der Waals surface area contributed by atoms with Crippen LogP contribution in [-0.4, -0.2) is 31.6 Å². The van der Waals surface area contributed by atoms with Crippen LogP contribution in [-0.2, 0) is 14.3 Å². The molecule has 23 heavy (non-hydrogen) atoms. The summed E-state index contributed by atoms with van der Waals surface area (Å²) in [5, 5.41) is 2.77. The number of unbranched alkanes of at least 4 members (excludes halogenated alkanes) is 9. The van der Waals surface area contributed by atoms with Crippen molar-refractivity contribution in [3.05, 3.63) is 0 Å². The van der Waals surface area contributed by atoms with Crippen LogP contribution in [0.4, 0.5) is 0 Å². The fourth-order valence-corrected chi connectivity index (χ4v) is 2.44. The van der Waals surface area contributed by atoms with Gasteiger partial charge in [-0.05, 0) is 12.8 Å². The van der Waals surface area contributed by atoms with Crippen LogP contribution in [0.5, 0.6) is 0 Å². The molecule has 0 fully saturated rings. The van der Waals surface area contributed by atoms with E-state index in [1.54, 1.807) is 0 Å². The molecule has 0 aromatic rings. The number of nitrogens with one attached hydrogen (secondary N) is 2. The van der Waals surface area contributed by atoms with Gasteiger partial charge in [0.05, 0.1) is 7.11 Å². The second kappa shape index (κ2) is 15.8. The summed E-state index contributed by atoms with van der Waals surface area (Å²) in [5.41, 5.74) is 7.67. The van der Waals surface area contributed by atoms with Crippen LogP contribution in [0.1, 0.15) is 84.0 Å². The molecule has 1 radical (unpaired) electrons. The zero-order valence-electron chi connectivity index (χ0n) is 15.0. The molecule has 0 aliphatic carbocycles. The molecule has 5 nitrogen and oxygen atoms in total. The Kier molecular flexibility index (Phi) is 15.0. The van der Waals surface area contributed by atoms with Gasteiger partial charge in [0.1, 0.15) is 6.04 Å². The summed E-state index contributed by atoms with van der Waals surface area (Å²) in [6, 6.07) is -0.878. The summed E-state index contributed by atoms with van der Waals surface area (Å²) in [6.45, 7) is 2.86. The van der Waals surface area contributed by atoms with Crippen LogP contribution in [0, 0.1) is 0 Å². The standard InChI is InChI=1S/C18H35N2O3/c1-3-4-5-6-7-8-9-10-11-12-15-20-18(22)16(19)13-14-17(21)23-2/h16,19H,3-15H2,1-2H3,(H,20,22). The van der Waals surface area contributed by atoms with Crippen LogP contribution in [0.3, 0.4) is 0 Å². The second-order valence-corrected chi connectivity index (χ2v) is 6.14. The van der Waals surface area contributed by atoms with Crippen molar-refractivity contribution in [3.63, 3.8) is 0 Å². The number of hydrogen-bond donors (Lipinski definition) is 1. The topological polar surface area (TPSA) is 79.2 Å². The summed E-state index contributed by atoms with van der Waals surface area (Å²) >= 11 is 0. The van der Waals surface area contributed by atoms with E-state index in [0.29, 0.717) is 6.54 Å². The number of amides is 1. The highest BCUT2D eigenvalue weighted by Crippen LogP contribution is 2.10. The molecule has 1 amide bonds. The number of rotatable bonds is 15. The van der Waals surface area contributed by atoms with Crippen molar-refractivity contribution in [2.24, 2.45) is 0 Å². The fraction of sp³-hybridized carbons (Fsp3) is 0.889. The summed E-state index contributed by atoms with van der Waals surface area (Å²) < 4.78 is 4.50. The molecule has 0 rings (SSSR count). The zero-order chi connectivity index (χ0) is 17.3. The third-order valence-electron chi connectivity index (χ3n) is 4.01. The Balaban J connectivity index is 3.36. The van der Waals surface area contributed by atoms with Gasteiger partial charge in [-0.15, -0.1) is 0 Å². The molecule has 0 aliphatic rings. The van der Waals surface area contributed by atoms with Crippen LogP contribution in [0.2, 0.25) is 0 Å². The molecule has 0 spiro atoms. The molecule has 0 heterocycles. The van der Waals surface area contributed by atoms with Crippen molar-refractivity contribution >= 4 is 11.9 Å². The maximum atomic E-state index is 11.7. The average Bonchev–Trinajstić information content (AvgIpc) is 2.56. The van der Waals surface area contributed by atoms with Crippen LogP contribution >= 0.6 is 0 Å². The van der Waals surface area contributed by atoms with Gasteiger partial charge in [-0.2, -0.15) is 0 Å². The minimum Gasteiger partial charge on any atom is -0.469 e. The van der Waals surface area contributed by atoms with Gasteiger partial charge >= 0.3 is 5.97 Å². The second-order valence-electron chi connectivity index (χ2n) is 6.14. The number of carbonyl (C=O) groups excluding carboxylic acids is 2. The third kappa shape index (κ3) is 14.2. The molecule has 0 saturated heterocycles. The molecule has 0 aromatic carbocycles. The van der Waals surface area contributed by atoms with Gasteiger partial charge in [-0.25, -0.2) is 5.73 Å². The lowest BCUT2D eigenvalue weighted by molar-refractivity contribution is -0.140. The monoisotopic (exact) mass is 327 g/mol. The number of carbonyl (C=O) groups is 2. The van der Waals surface area contributed by atoms with E-state index in [9.17, 15) is 9.59 Å². The van der Waals surface area contributed by atoms with E-state index < -0.39 is 6.04 Å². The SMILES string of the molecule is CCCCCCCCCCCCNC(=O)C([NH])CCC(=O)OC. The normalized spacial score (nSPS) is 12.0. The lowest BCUT2D eigenvalue weighted by Crippen LogP contribution is -2.36. The van der Waals surface area contributed by atoms with Crippen molar-refractivity contribution in [2.45, 2.75) is 90.0 Å². The Morgan fingerprint density at radius 3 is 2.00 bits per heavy atom. The molecular weight excluding hydrogens is 292 g/mol. The summed E-state index contributed by atoms with van der Waals surface area (Å²) in [7, 11) is 1.31. The smallest absolute Gasteiger partial charge is 0.305 e. The summed E-state index contributed by atoms with van der Waals surface area (Å²) in [5.74, 6) is -0.658. The number of esters is 1. The summed E-state index contributed by atoms with van der Waals surface area (Å²) in [6.07, 6.45) is 13.0. The number of methoxy groups -OCH3 is 1. The summed E-state index contributed by atoms with van der Waals surface area (Å²) in [4.78, 5) is 22.6. The molecular formula is C18H35N2O3. The first-order chi connectivity index (χ1) is 11.1. The quantitative estimate of drug-likeness (QED) is 0.368. The first kappa shape index (κ1) is 21.9. The number of hydrogen-bond acceptors (Lipinski definition) is 3. The van der Waals surface area contributed by atoms with E-state index in [0.717, 1.165) is 12.8 Å². The lowest BCUT2D eigenvalue weighted by Gasteiger charge is -2.10. The highest BCUT2D eigenvalue weighted by Gasteiger charge is 2.15. The van der Waals surface area contributed by atoms with Crippen LogP contribution < -0.4 is 11.1 Å². The number of ether oxygens (including phenoxy) is 1. The van der Waals surface area contributed by atoms with Crippen molar-refractivity contribution < 1.29 is 14.3 Å². The maximum Gasteiger partial charge on any atom is 0.305 e. The van der Waals surface area contributed by atoms with Gasteiger partial charge in [0.25, 0.3) is 0 Å². The van der Waals surface area contributed by atoms with Crippen LogP contribution in [0.25, 0.3) is 0 Å². The van der Waals surface area contributed by atoms with E-state index in [1.165, 1.54) is 58.5 Å². The average molecular weight is 327 g/mol. The van der Waals surface area contributed by atoms with Gasteiger partial charge in [0.15, 0.2) is 0 Å². The van der Waals surface area contributed by atoms with E-state index in [2.05, 4.69) is 17.0 Å². The van der Waals surface area contributed by atoms with E-state index in [1.807, 2.05) is 0 Å². The largest absolute Gasteiger partial charge is 0.469 e. The minimum absolute atomic E-state index is 0.121. The fourth-order valence-electron chi connectivity index (χ4n) is 2.44. The Morgan fingerprint density at radius 2 is 1.48 bits per heavy atom. The van der Waals surface area contributed by atoms with Crippen molar-refractivity contribution in [1.29, 1.82) is 0 Å². The zero-order valence-corrected chi connectivity index (χ0v) is 15.0. The Bertz CT molecular complexity index is 309. The molecule has 1 unspecified atom stereocenters. The predicted molar refractivity (Wildman–Crippen MR) is 93.0 cm³/mol. The molecule has 1 atom stereocenters. The molecule has 0 aromatic heterocycles. The van der Waals surface area contributed by atoms with Gasteiger partial charge < -0.3 is 10.1 Å². The third-order valence-corrected chi connectivity index (χ3v) is 4.01. The Hall–Kier alpha value is -1.10. The van der Waals surface area contributed by atoms with E-state index in [-0.39, 0.29) is 24.7 Å². The van der Waals surface area contributed by atoms with Gasteiger partial charge in [-0.1, -0.05) is 64.7 Å². The van der Waals surface area contributed by atoms with Crippen molar-refractivity contribution in [1.82, 2.24) is 11.1 Å². The minimum atomic E-state index is -0.878. The maximum absolute atomic E-state index is 11.7. The van der Waals surface area contributed by atoms with E-state index >= 15 is 0 Å². The first-order valence-electron chi connectivity index (χ1n) is 9.17. The predicted octanol–water partition coefficient (Wildman–Crippen LogP) is 3.63. The van der Waals surface area contributed by atoms with Crippen molar-refractivity contribution in [3.8, 4) is 0 Å².